The summed E-state index contributed by atoms with van der Waals surface area (Å²) in [5, 5.41) is 21.5. The smallest absolute Gasteiger partial charge is 0.294 e. The molecule has 1 fully saturated rings. The summed E-state index contributed by atoms with van der Waals surface area (Å²) in [7, 11) is 0. The molecule has 27 heavy (non-hydrogen) atoms. The van der Waals surface area contributed by atoms with E-state index in [2.05, 4.69) is 4.98 Å². The number of imide groups is 1. The number of carboxylic acids is 1. The maximum absolute atomic E-state index is 12.7. The number of aromatic carboxylic acids is 1. The number of amides is 2. The van der Waals surface area contributed by atoms with Crippen LogP contribution in [0.1, 0.15) is 16.8 Å². The predicted molar refractivity (Wildman–Crippen MR) is 93.4 cm³/mol. The summed E-state index contributed by atoms with van der Waals surface area (Å²) in [6.45, 7) is 0. The Morgan fingerprint density at radius 2 is 2.07 bits per heavy atom. The highest BCUT2D eigenvalue weighted by Crippen LogP contribution is 2.38. The van der Waals surface area contributed by atoms with Crippen LogP contribution in [0.2, 0.25) is 5.02 Å². The van der Waals surface area contributed by atoms with Crippen molar-refractivity contribution in [1.82, 2.24) is 4.98 Å². The Kier molecular flexibility index (Phi) is 5.10. The number of hydrogen-bond donors (Lipinski definition) is 0. The molecule has 0 radical (unpaired) electrons. The summed E-state index contributed by atoms with van der Waals surface area (Å²) >= 11 is 6.55. The molecule has 0 bridgehead atoms. The molecule has 138 valence electrons. The normalized spacial score (nSPS) is 16.6. The van der Waals surface area contributed by atoms with Crippen LogP contribution >= 0.6 is 23.4 Å². The Bertz CT molecular complexity index is 982. The van der Waals surface area contributed by atoms with Crippen LogP contribution in [0, 0.1) is 10.1 Å². The predicted octanol–water partition coefficient (Wildman–Crippen LogP) is 1.43. The van der Waals surface area contributed by atoms with E-state index < -0.39 is 33.6 Å². The molecule has 1 atom stereocenters. The van der Waals surface area contributed by atoms with Crippen LogP contribution in [0.5, 0.6) is 0 Å². The lowest BCUT2D eigenvalue weighted by Crippen LogP contribution is -2.31. The number of carbonyl (C=O) groups excluding carboxylic acids is 3. The molecule has 0 unspecified atom stereocenters. The molecule has 2 aromatic rings. The first-order valence-electron chi connectivity index (χ1n) is 7.43. The van der Waals surface area contributed by atoms with Crippen LogP contribution < -0.4 is 10.0 Å². The van der Waals surface area contributed by atoms with Crippen LogP contribution in [-0.2, 0) is 9.59 Å². The number of thioether (sulfide) groups is 1. The second-order valence-corrected chi connectivity index (χ2v) is 7.04. The van der Waals surface area contributed by atoms with Crippen LogP contribution in [-0.4, -0.2) is 32.9 Å². The van der Waals surface area contributed by atoms with Crippen LogP contribution in [0.3, 0.4) is 0 Å². The third-order valence-corrected chi connectivity index (χ3v) is 5.16. The molecule has 2 heterocycles. The van der Waals surface area contributed by atoms with Crippen molar-refractivity contribution in [2.75, 3.05) is 4.90 Å². The van der Waals surface area contributed by atoms with Gasteiger partial charge in [-0.1, -0.05) is 23.4 Å². The van der Waals surface area contributed by atoms with E-state index >= 15 is 0 Å². The van der Waals surface area contributed by atoms with Crippen molar-refractivity contribution in [3.63, 3.8) is 0 Å². The first-order chi connectivity index (χ1) is 12.8. The summed E-state index contributed by atoms with van der Waals surface area (Å²) in [6, 6.07) is 6.27. The zero-order chi connectivity index (χ0) is 19.7. The Hall–Kier alpha value is -2.98. The molecule has 3 rings (SSSR count). The molecule has 1 aliphatic heterocycles. The monoisotopic (exact) mass is 406 g/mol. The van der Waals surface area contributed by atoms with Crippen molar-refractivity contribution < 1.29 is 24.4 Å². The first-order valence-corrected chi connectivity index (χ1v) is 8.69. The second-order valence-electron chi connectivity index (χ2n) is 5.41. The van der Waals surface area contributed by atoms with Gasteiger partial charge in [0, 0.05) is 29.3 Å². The Balaban J connectivity index is 1.93. The highest BCUT2D eigenvalue weighted by molar-refractivity contribution is 8.00. The number of carbonyl (C=O) groups is 3. The topological polar surface area (TPSA) is 134 Å². The number of anilines is 1. The molecule has 1 aromatic carbocycles. The summed E-state index contributed by atoms with van der Waals surface area (Å²) in [5.74, 6) is -2.81. The summed E-state index contributed by atoms with van der Waals surface area (Å²) in [6.07, 6.45) is 1.09. The standard InChI is InChI=1S/C16H10ClN3O6S/c17-8-3-4-10(11(6-8)20(25)26)19-13(21)7-12(15(19)22)27-14-9(16(23)24)2-1-5-18-14/h1-6,12H,7H2,(H,23,24)/p-1/t12-/m0/s1. The van der Waals surface area contributed by atoms with E-state index in [9.17, 15) is 29.6 Å². The van der Waals surface area contributed by atoms with Crippen LogP contribution in [0.4, 0.5) is 11.4 Å². The summed E-state index contributed by atoms with van der Waals surface area (Å²) < 4.78 is 0. The van der Waals surface area contributed by atoms with Gasteiger partial charge in [0.1, 0.15) is 10.7 Å². The summed E-state index contributed by atoms with van der Waals surface area (Å²) in [5.41, 5.74) is -0.884. The molecule has 1 saturated heterocycles. The van der Waals surface area contributed by atoms with Crippen molar-refractivity contribution in [2.45, 2.75) is 16.7 Å². The van der Waals surface area contributed by atoms with Crippen molar-refractivity contribution in [3.05, 3.63) is 57.2 Å². The number of pyridine rings is 1. The van der Waals surface area contributed by atoms with Gasteiger partial charge in [0.2, 0.25) is 11.8 Å². The maximum Gasteiger partial charge on any atom is 0.294 e. The molecule has 0 spiro atoms. The average Bonchev–Trinajstić information content (AvgIpc) is 2.89. The Morgan fingerprint density at radius 1 is 1.33 bits per heavy atom. The van der Waals surface area contributed by atoms with E-state index in [0.29, 0.717) is 4.90 Å². The SMILES string of the molecule is O=C([O-])c1cccnc1S[C@H]1CC(=O)N(c2ccc(Cl)cc2[N+](=O)[O-])C1=O. The van der Waals surface area contributed by atoms with Gasteiger partial charge in [-0.2, -0.15) is 0 Å². The van der Waals surface area contributed by atoms with E-state index in [-0.39, 0.29) is 27.7 Å². The van der Waals surface area contributed by atoms with Crippen LogP contribution in [0.15, 0.2) is 41.6 Å². The fourth-order valence-corrected chi connectivity index (χ4v) is 3.82. The number of aromatic nitrogens is 1. The van der Waals surface area contributed by atoms with Gasteiger partial charge in [-0.05, 0) is 24.3 Å². The number of carboxylic acid groups (broad SMARTS) is 1. The second kappa shape index (κ2) is 7.33. The highest BCUT2D eigenvalue weighted by atomic mass is 35.5. The van der Waals surface area contributed by atoms with Gasteiger partial charge in [0.25, 0.3) is 5.69 Å². The minimum atomic E-state index is -1.47. The largest absolute Gasteiger partial charge is 0.545 e. The number of halogens is 1. The third-order valence-electron chi connectivity index (χ3n) is 3.73. The quantitative estimate of drug-likeness (QED) is 0.413. The lowest BCUT2D eigenvalue weighted by molar-refractivity contribution is -0.384. The van der Waals surface area contributed by atoms with E-state index in [4.69, 9.17) is 11.6 Å². The average molecular weight is 407 g/mol. The van der Waals surface area contributed by atoms with E-state index in [1.165, 1.54) is 30.5 Å². The fourth-order valence-electron chi connectivity index (χ4n) is 2.56. The van der Waals surface area contributed by atoms with Gasteiger partial charge in [0.15, 0.2) is 0 Å². The van der Waals surface area contributed by atoms with E-state index in [1.807, 2.05) is 0 Å². The van der Waals surface area contributed by atoms with Crippen molar-refractivity contribution in [1.29, 1.82) is 0 Å². The zero-order valence-corrected chi connectivity index (χ0v) is 14.9. The van der Waals surface area contributed by atoms with E-state index in [1.54, 1.807) is 0 Å². The lowest BCUT2D eigenvalue weighted by atomic mass is 10.2. The van der Waals surface area contributed by atoms with Gasteiger partial charge in [0.05, 0.1) is 16.1 Å². The number of hydrogen-bond acceptors (Lipinski definition) is 8. The van der Waals surface area contributed by atoms with Crippen molar-refractivity contribution >= 4 is 52.5 Å². The molecule has 0 aliphatic carbocycles. The number of nitrogens with zero attached hydrogens (tertiary/aromatic N) is 3. The molecular weight excluding hydrogens is 398 g/mol. The molecule has 0 saturated carbocycles. The molecule has 0 N–H and O–H groups in total. The minimum absolute atomic E-state index is 0.0242. The molecule has 1 aromatic heterocycles. The Labute approximate surface area is 161 Å². The van der Waals surface area contributed by atoms with Gasteiger partial charge in [-0.15, -0.1) is 0 Å². The summed E-state index contributed by atoms with van der Waals surface area (Å²) in [4.78, 5) is 51.3. The number of benzene rings is 1. The Morgan fingerprint density at radius 3 is 2.74 bits per heavy atom. The fraction of sp³-hybridized carbons (Fsp3) is 0.125. The van der Waals surface area contributed by atoms with Crippen molar-refractivity contribution in [2.24, 2.45) is 0 Å². The first kappa shape index (κ1) is 18.8. The molecule has 11 heteroatoms. The number of nitro benzene ring substituents is 1. The molecule has 9 nitrogen and oxygen atoms in total. The van der Waals surface area contributed by atoms with E-state index in [0.717, 1.165) is 17.8 Å². The van der Waals surface area contributed by atoms with Gasteiger partial charge >= 0.3 is 0 Å². The van der Waals surface area contributed by atoms with Gasteiger partial charge < -0.3 is 9.90 Å². The van der Waals surface area contributed by atoms with Crippen LogP contribution in [0.25, 0.3) is 0 Å². The van der Waals surface area contributed by atoms with Gasteiger partial charge in [-0.3, -0.25) is 19.7 Å². The molecular formula is C16H9ClN3O6S-. The van der Waals surface area contributed by atoms with Crippen molar-refractivity contribution in [3.8, 4) is 0 Å². The number of nitro groups is 1. The molecule has 1 aliphatic rings. The maximum atomic E-state index is 12.7. The highest BCUT2D eigenvalue weighted by Gasteiger charge is 2.43. The lowest BCUT2D eigenvalue weighted by Gasteiger charge is -2.15. The van der Waals surface area contributed by atoms with Gasteiger partial charge in [-0.25, -0.2) is 9.88 Å². The third kappa shape index (κ3) is 3.62. The molecule has 2 amide bonds. The number of rotatable bonds is 5. The zero-order valence-electron chi connectivity index (χ0n) is 13.3. The minimum Gasteiger partial charge on any atom is -0.545 e.